The molecule has 0 amide bonds. The first-order valence-electron chi connectivity index (χ1n) is 7.72. The largest absolute Gasteiger partial charge is 0.496 e. The van der Waals surface area contributed by atoms with Gasteiger partial charge >= 0.3 is 0 Å². The summed E-state index contributed by atoms with van der Waals surface area (Å²) in [4.78, 5) is 2.43. The van der Waals surface area contributed by atoms with E-state index in [0.29, 0.717) is 18.0 Å². The van der Waals surface area contributed by atoms with E-state index in [1.165, 1.54) is 5.56 Å². The third kappa shape index (κ3) is 4.19. The Bertz CT molecular complexity index is 439. The number of hydrogen-bond donors (Lipinski definition) is 1. The Morgan fingerprint density at radius 3 is 2.86 bits per heavy atom. The molecule has 0 spiro atoms. The minimum absolute atomic E-state index is 0.472. The Kier molecular flexibility index (Phi) is 6.03. The number of hydrogen-bond acceptors (Lipinski definition) is 4. The van der Waals surface area contributed by atoms with Crippen molar-refractivity contribution >= 4 is 0 Å². The fraction of sp³-hybridized carbons (Fsp3) is 0.647. The number of rotatable bonds is 7. The monoisotopic (exact) mass is 292 g/mol. The van der Waals surface area contributed by atoms with Crippen LogP contribution < -0.4 is 10.1 Å². The van der Waals surface area contributed by atoms with Crippen LogP contribution in [0.1, 0.15) is 12.5 Å². The summed E-state index contributed by atoms with van der Waals surface area (Å²) in [5.74, 6) is 1.55. The Morgan fingerprint density at radius 1 is 1.38 bits per heavy atom. The molecule has 1 aliphatic heterocycles. The highest BCUT2D eigenvalue weighted by Gasteiger charge is 2.28. The van der Waals surface area contributed by atoms with Gasteiger partial charge in [-0.25, -0.2) is 0 Å². The van der Waals surface area contributed by atoms with Crippen LogP contribution in [-0.2, 0) is 11.2 Å². The molecule has 4 nitrogen and oxygen atoms in total. The van der Waals surface area contributed by atoms with E-state index in [0.717, 1.165) is 31.9 Å². The molecule has 118 valence electrons. The van der Waals surface area contributed by atoms with Gasteiger partial charge in [0, 0.05) is 24.5 Å². The average Bonchev–Trinajstić information content (AvgIpc) is 2.94. The van der Waals surface area contributed by atoms with Crippen molar-refractivity contribution in [3.8, 4) is 5.75 Å². The molecular weight excluding hydrogens is 264 g/mol. The van der Waals surface area contributed by atoms with Gasteiger partial charge in [-0.05, 0) is 39.1 Å². The maximum Gasteiger partial charge on any atom is 0.122 e. The zero-order valence-corrected chi connectivity index (χ0v) is 13.6. The van der Waals surface area contributed by atoms with E-state index in [9.17, 15) is 0 Å². The summed E-state index contributed by atoms with van der Waals surface area (Å²) >= 11 is 0. The van der Waals surface area contributed by atoms with Crippen LogP contribution in [0.3, 0.4) is 0 Å². The van der Waals surface area contributed by atoms with Crippen molar-refractivity contribution in [1.82, 2.24) is 10.2 Å². The number of nitrogens with one attached hydrogen (secondary N) is 1. The van der Waals surface area contributed by atoms with Crippen LogP contribution >= 0.6 is 0 Å². The lowest BCUT2D eigenvalue weighted by Crippen LogP contribution is -2.42. The second-order valence-corrected chi connectivity index (χ2v) is 6.00. The zero-order valence-electron chi connectivity index (χ0n) is 13.6. The highest BCUT2D eigenvalue weighted by molar-refractivity contribution is 5.33. The Hall–Kier alpha value is -1.10. The molecule has 1 N–H and O–H groups in total. The van der Waals surface area contributed by atoms with Crippen LogP contribution in [0.2, 0.25) is 0 Å². The first-order chi connectivity index (χ1) is 10.2. The second-order valence-electron chi connectivity index (χ2n) is 6.00. The highest BCUT2D eigenvalue weighted by atomic mass is 16.5. The molecule has 1 aliphatic rings. The number of para-hydroxylation sites is 1. The number of likely N-dealkylation sites (N-methyl/N-ethyl adjacent to an activating group) is 2. The molecule has 1 aromatic carbocycles. The molecule has 4 heteroatoms. The summed E-state index contributed by atoms with van der Waals surface area (Å²) < 4.78 is 11.0. The molecule has 1 fully saturated rings. The molecule has 0 radical (unpaired) electrons. The first kappa shape index (κ1) is 16.3. The predicted molar refractivity (Wildman–Crippen MR) is 85.9 cm³/mol. The molecule has 21 heavy (non-hydrogen) atoms. The summed E-state index contributed by atoms with van der Waals surface area (Å²) in [6.07, 6.45) is 0.998. The molecule has 0 aliphatic carbocycles. The van der Waals surface area contributed by atoms with E-state index < -0.39 is 0 Å². The number of ether oxygens (including phenoxy) is 2. The van der Waals surface area contributed by atoms with Gasteiger partial charge in [-0.1, -0.05) is 18.2 Å². The SMILES string of the molecule is CNC1COCC1CN(C)C(C)Cc1ccccc1OC. The van der Waals surface area contributed by atoms with Crippen molar-refractivity contribution in [2.75, 3.05) is 41.0 Å². The minimum Gasteiger partial charge on any atom is -0.496 e. The van der Waals surface area contributed by atoms with Crippen molar-refractivity contribution < 1.29 is 9.47 Å². The van der Waals surface area contributed by atoms with Gasteiger partial charge in [0.2, 0.25) is 0 Å². The van der Waals surface area contributed by atoms with Crippen LogP contribution in [0, 0.1) is 5.92 Å². The van der Waals surface area contributed by atoms with Crippen LogP contribution in [0.15, 0.2) is 24.3 Å². The fourth-order valence-electron chi connectivity index (χ4n) is 2.99. The van der Waals surface area contributed by atoms with Crippen molar-refractivity contribution in [3.63, 3.8) is 0 Å². The Balaban J connectivity index is 1.91. The number of methoxy groups -OCH3 is 1. The Labute approximate surface area is 128 Å². The molecule has 3 unspecified atom stereocenters. The van der Waals surface area contributed by atoms with E-state index in [-0.39, 0.29) is 0 Å². The smallest absolute Gasteiger partial charge is 0.122 e. The summed E-state index contributed by atoms with van der Waals surface area (Å²) in [5.41, 5.74) is 1.27. The van der Waals surface area contributed by atoms with Crippen molar-refractivity contribution in [2.24, 2.45) is 5.92 Å². The van der Waals surface area contributed by atoms with Gasteiger partial charge in [0.1, 0.15) is 5.75 Å². The number of nitrogens with zero attached hydrogens (tertiary/aromatic N) is 1. The number of benzene rings is 1. The standard InChI is InChI=1S/C17H28N2O2/c1-13(9-14-7-5-6-8-17(14)20-4)19(3)10-15-11-21-12-16(15)18-2/h5-8,13,15-16,18H,9-12H2,1-4H3. The molecule has 0 bridgehead atoms. The summed E-state index contributed by atoms with van der Waals surface area (Å²) in [5, 5.41) is 3.35. The minimum atomic E-state index is 0.472. The fourth-order valence-corrected chi connectivity index (χ4v) is 2.99. The van der Waals surface area contributed by atoms with Gasteiger partial charge in [-0.15, -0.1) is 0 Å². The average molecular weight is 292 g/mol. The zero-order chi connectivity index (χ0) is 15.2. The molecule has 0 aromatic heterocycles. The quantitative estimate of drug-likeness (QED) is 0.831. The lowest BCUT2D eigenvalue weighted by Gasteiger charge is -2.29. The molecule has 1 heterocycles. The topological polar surface area (TPSA) is 33.7 Å². The van der Waals surface area contributed by atoms with Crippen LogP contribution in [0.25, 0.3) is 0 Å². The van der Waals surface area contributed by atoms with Crippen molar-refractivity contribution in [2.45, 2.75) is 25.4 Å². The summed E-state index contributed by atoms with van der Waals surface area (Å²) in [6, 6.07) is 9.23. The van der Waals surface area contributed by atoms with Gasteiger partial charge in [0.15, 0.2) is 0 Å². The molecule has 0 saturated carbocycles. The lowest BCUT2D eigenvalue weighted by molar-refractivity contribution is 0.163. The molecule has 3 atom stereocenters. The maximum absolute atomic E-state index is 5.59. The first-order valence-corrected chi connectivity index (χ1v) is 7.72. The third-order valence-corrected chi connectivity index (χ3v) is 4.55. The van der Waals surface area contributed by atoms with Crippen molar-refractivity contribution in [3.05, 3.63) is 29.8 Å². The van der Waals surface area contributed by atoms with Gasteiger partial charge in [-0.3, -0.25) is 0 Å². The molecular formula is C17H28N2O2. The summed E-state index contributed by atoms with van der Waals surface area (Å²) in [6.45, 7) is 5.02. The van der Waals surface area contributed by atoms with E-state index >= 15 is 0 Å². The second kappa shape index (κ2) is 7.78. The Morgan fingerprint density at radius 2 is 2.14 bits per heavy atom. The van der Waals surface area contributed by atoms with Crippen molar-refractivity contribution in [1.29, 1.82) is 0 Å². The molecule has 1 saturated heterocycles. The highest BCUT2D eigenvalue weighted by Crippen LogP contribution is 2.21. The van der Waals surface area contributed by atoms with E-state index in [1.807, 2.05) is 19.2 Å². The van der Waals surface area contributed by atoms with Gasteiger partial charge in [0.05, 0.1) is 20.3 Å². The normalized spacial score (nSPS) is 23.5. The van der Waals surface area contributed by atoms with Gasteiger partial charge in [0.25, 0.3) is 0 Å². The maximum atomic E-state index is 5.59. The molecule has 1 aromatic rings. The van der Waals surface area contributed by atoms with E-state index in [1.54, 1.807) is 7.11 Å². The van der Waals surface area contributed by atoms with E-state index in [4.69, 9.17) is 9.47 Å². The third-order valence-electron chi connectivity index (χ3n) is 4.55. The van der Waals surface area contributed by atoms with Crippen LogP contribution in [0.5, 0.6) is 5.75 Å². The predicted octanol–water partition coefficient (Wildman–Crippen LogP) is 1.79. The lowest BCUT2D eigenvalue weighted by atomic mass is 10.0. The van der Waals surface area contributed by atoms with E-state index in [2.05, 4.69) is 36.3 Å². The van der Waals surface area contributed by atoms with Crippen LogP contribution in [0.4, 0.5) is 0 Å². The molecule has 2 rings (SSSR count). The summed E-state index contributed by atoms with van der Waals surface area (Å²) in [7, 11) is 5.95. The van der Waals surface area contributed by atoms with Crippen LogP contribution in [-0.4, -0.2) is 57.9 Å². The van der Waals surface area contributed by atoms with Gasteiger partial charge in [-0.2, -0.15) is 0 Å². The van der Waals surface area contributed by atoms with Gasteiger partial charge < -0.3 is 19.7 Å².